The molecule has 0 aromatic rings. The minimum absolute atomic E-state index is 0.252. The molecule has 140 valence electrons. The van der Waals surface area contributed by atoms with Crippen molar-refractivity contribution >= 4 is 11.9 Å². The molecular formula is C19H34O5. The van der Waals surface area contributed by atoms with Crippen molar-refractivity contribution in [2.75, 3.05) is 0 Å². The van der Waals surface area contributed by atoms with E-state index in [0.717, 1.165) is 19.3 Å². The number of unbranched alkanes of at least 4 members (excludes halogenated alkanes) is 1. The predicted octanol–water partition coefficient (Wildman–Crippen LogP) is 3.64. The van der Waals surface area contributed by atoms with Gasteiger partial charge in [0.05, 0.1) is 18.1 Å². The van der Waals surface area contributed by atoms with Crippen molar-refractivity contribution in [2.24, 2.45) is 11.8 Å². The molecule has 24 heavy (non-hydrogen) atoms. The van der Waals surface area contributed by atoms with Gasteiger partial charge in [0.15, 0.2) is 6.10 Å². The van der Waals surface area contributed by atoms with Crippen molar-refractivity contribution in [1.29, 1.82) is 0 Å². The normalized spacial score (nSPS) is 14.4. The summed E-state index contributed by atoms with van der Waals surface area (Å²) in [5.74, 6) is -1.64. The van der Waals surface area contributed by atoms with Gasteiger partial charge < -0.3 is 14.6 Å². The molecular weight excluding hydrogens is 308 g/mol. The minimum Gasteiger partial charge on any atom is -0.463 e. The van der Waals surface area contributed by atoms with E-state index in [9.17, 15) is 14.7 Å². The smallest absolute Gasteiger partial charge is 0.336 e. The zero-order valence-corrected chi connectivity index (χ0v) is 16.0. The van der Waals surface area contributed by atoms with Crippen LogP contribution in [0.3, 0.4) is 0 Å². The molecule has 5 heteroatoms. The number of carbonyl (C=O) groups excluding carboxylic acids is 2. The molecule has 1 N–H and O–H groups in total. The molecule has 0 aromatic heterocycles. The zero-order valence-electron chi connectivity index (χ0n) is 16.0. The zero-order chi connectivity index (χ0) is 18.7. The minimum atomic E-state index is -1.51. The SMILES string of the molecule is CC(C)CCCC=CC[C@@H](C(=O)OC(C)C)[C@H](O)C(=O)OC(C)C. The second-order valence-corrected chi connectivity index (χ2v) is 7.05. The van der Waals surface area contributed by atoms with E-state index in [0.29, 0.717) is 5.92 Å². The molecule has 0 aliphatic rings. The average Bonchev–Trinajstić information content (AvgIpc) is 2.43. The molecule has 0 rings (SSSR count). The summed E-state index contributed by atoms with van der Waals surface area (Å²) in [6.45, 7) is 11.2. The quantitative estimate of drug-likeness (QED) is 0.352. The third kappa shape index (κ3) is 10.4. The standard InChI is InChI=1S/C19H34O5/c1-13(2)11-9-7-8-10-12-16(18(21)23-14(3)4)17(20)19(22)24-15(5)6/h8,10,13-17,20H,7,9,11-12H2,1-6H3/t16-,17+/m1/s1. The highest BCUT2D eigenvalue weighted by atomic mass is 16.6. The first-order valence-corrected chi connectivity index (χ1v) is 8.89. The van der Waals surface area contributed by atoms with Gasteiger partial charge in [0.25, 0.3) is 0 Å². The van der Waals surface area contributed by atoms with Gasteiger partial charge in [-0.15, -0.1) is 0 Å². The van der Waals surface area contributed by atoms with E-state index in [1.807, 2.05) is 12.2 Å². The van der Waals surface area contributed by atoms with Crippen molar-refractivity contribution < 1.29 is 24.2 Å². The summed E-state index contributed by atoms with van der Waals surface area (Å²) in [6, 6.07) is 0. The Balaban J connectivity index is 4.72. The average molecular weight is 342 g/mol. The van der Waals surface area contributed by atoms with Gasteiger partial charge in [0.2, 0.25) is 0 Å². The van der Waals surface area contributed by atoms with Crippen LogP contribution in [0.1, 0.15) is 67.2 Å². The van der Waals surface area contributed by atoms with Crippen LogP contribution in [0.15, 0.2) is 12.2 Å². The van der Waals surface area contributed by atoms with Crippen LogP contribution in [-0.2, 0) is 19.1 Å². The third-order valence-electron chi connectivity index (χ3n) is 3.34. The molecule has 0 saturated carbocycles. The number of aliphatic hydroxyl groups excluding tert-OH is 1. The maximum atomic E-state index is 12.2. The number of esters is 2. The van der Waals surface area contributed by atoms with Crippen LogP contribution in [0.4, 0.5) is 0 Å². The number of ether oxygens (including phenoxy) is 2. The lowest BCUT2D eigenvalue weighted by atomic mass is 9.97. The van der Waals surface area contributed by atoms with Gasteiger partial charge in [-0.25, -0.2) is 4.79 Å². The van der Waals surface area contributed by atoms with Gasteiger partial charge in [-0.05, 0) is 52.9 Å². The molecule has 2 atom stereocenters. The first kappa shape index (κ1) is 22.6. The van der Waals surface area contributed by atoms with E-state index in [2.05, 4.69) is 13.8 Å². The lowest BCUT2D eigenvalue weighted by molar-refractivity contribution is -0.170. The van der Waals surface area contributed by atoms with Gasteiger partial charge >= 0.3 is 11.9 Å². The van der Waals surface area contributed by atoms with E-state index < -0.39 is 24.0 Å². The van der Waals surface area contributed by atoms with Gasteiger partial charge in [0.1, 0.15) is 0 Å². The number of carbonyl (C=O) groups is 2. The summed E-state index contributed by atoms with van der Waals surface area (Å²) in [5.41, 5.74) is 0. The monoisotopic (exact) mass is 342 g/mol. The second-order valence-electron chi connectivity index (χ2n) is 7.05. The number of hydrogen-bond donors (Lipinski definition) is 1. The number of allylic oxidation sites excluding steroid dienone is 2. The summed E-state index contributed by atoms with van der Waals surface area (Å²) in [7, 11) is 0. The summed E-state index contributed by atoms with van der Waals surface area (Å²) in [4.78, 5) is 24.1. The fourth-order valence-corrected chi connectivity index (χ4v) is 2.14. The summed E-state index contributed by atoms with van der Waals surface area (Å²) in [5, 5.41) is 10.2. The molecule has 0 bridgehead atoms. The number of rotatable bonds is 11. The summed E-state index contributed by atoms with van der Waals surface area (Å²) < 4.78 is 10.2. The van der Waals surface area contributed by atoms with E-state index >= 15 is 0 Å². The van der Waals surface area contributed by atoms with Gasteiger partial charge in [-0.1, -0.05) is 32.4 Å². The van der Waals surface area contributed by atoms with Crippen LogP contribution in [0, 0.1) is 11.8 Å². The Morgan fingerprint density at radius 2 is 1.46 bits per heavy atom. The second kappa shape index (κ2) is 12.1. The molecule has 0 spiro atoms. The van der Waals surface area contributed by atoms with E-state index in [-0.39, 0.29) is 18.6 Å². The summed E-state index contributed by atoms with van der Waals surface area (Å²) >= 11 is 0. The van der Waals surface area contributed by atoms with E-state index in [1.165, 1.54) is 0 Å². The number of aliphatic hydroxyl groups is 1. The Morgan fingerprint density at radius 3 is 1.96 bits per heavy atom. The molecule has 0 saturated heterocycles. The molecule has 0 amide bonds. The highest BCUT2D eigenvalue weighted by molar-refractivity contribution is 5.84. The van der Waals surface area contributed by atoms with Crippen LogP contribution in [-0.4, -0.2) is 35.4 Å². The van der Waals surface area contributed by atoms with Gasteiger partial charge in [-0.3, -0.25) is 4.79 Å². The van der Waals surface area contributed by atoms with Crippen LogP contribution in [0.5, 0.6) is 0 Å². The highest BCUT2D eigenvalue weighted by Crippen LogP contribution is 2.17. The van der Waals surface area contributed by atoms with Crippen molar-refractivity contribution in [1.82, 2.24) is 0 Å². The molecule has 0 aliphatic heterocycles. The van der Waals surface area contributed by atoms with Crippen LogP contribution in [0.25, 0.3) is 0 Å². The first-order valence-electron chi connectivity index (χ1n) is 8.89. The van der Waals surface area contributed by atoms with Crippen molar-refractivity contribution in [3.05, 3.63) is 12.2 Å². The molecule has 5 nitrogen and oxygen atoms in total. The van der Waals surface area contributed by atoms with Crippen molar-refractivity contribution in [3.8, 4) is 0 Å². The molecule has 0 unspecified atom stereocenters. The Bertz CT molecular complexity index is 399. The van der Waals surface area contributed by atoms with Crippen LogP contribution < -0.4 is 0 Å². The van der Waals surface area contributed by atoms with Crippen molar-refractivity contribution in [3.63, 3.8) is 0 Å². The first-order chi connectivity index (χ1) is 11.1. The summed E-state index contributed by atoms with van der Waals surface area (Å²) in [6.07, 6.45) is 5.04. The lowest BCUT2D eigenvalue weighted by Crippen LogP contribution is -2.38. The van der Waals surface area contributed by atoms with Crippen LogP contribution >= 0.6 is 0 Å². The fraction of sp³-hybridized carbons (Fsp3) is 0.789. The Kier molecular flexibility index (Phi) is 11.4. The topological polar surface area (TPSA) is 72.8 Å². The molecule has 0 fully saturated rings. The highest BCUT2D eigenvalue weighted by Gasteiger charge is 2.34. The Morgan fingerprint density at radius 1 is 0.917 bits per heavy atom. The van der Waals surface area contributed by atoms with Crippen LogP contribution in [0.2, 0.25) is 0 Å². The molecule has 0 heterocycles. The van der Waals surface area contributed by atoms with E-state index in [1.54, 1.807) is 27.7 Å². The lowest BCUT2D eigenvalue weighted by Gasteiger charge is -2.21. The molecule has 0 aliphatic carbocycles. The largest absolute Gasteiger partial charge is 0.463 e. The van der Waals surface area contributed by atoms with Gasteiger partial charge in [-0.2, -0.15) is 0 Å². The predicted molar refractivity (Wildman–Crippen MR) is 94.4 cm³/mol. The van der Waals surface area contributed by atoms with Crippen molar-refractivity contribution in [2.45, 2.75) is 85.5 Å². The molecule has 0 aromatic carbocycles. The molecule has 0 radical (unpaired) electrons. The maximum absolute atomic E-state index is 12.2. The van der Waals surface area contributed by atoms with Gasteiger partial charge in [0, 0.05) is 0 Å². The fourth-order valence-electron chi connectivity index (χ4n) is 2.14. The Hall–Kier alpha value is -1.36. The Labute approximate surface area is 146 Å². The number of hydrogen-bond acceptors (Lipinski definition) is 5. The van der Waals surface area contributed by atoms with E-state index in [4.69, 9.17) is 9.47 Å². The third-order valence-corrected chi connectivity index (χ3v) is 3.34. The maximum Gasteiger partial charge on any atom is 0.336 e.